The van der Waals surface area contributed by atoms with E-state index in [9.17, 15) is 9.59 Å². The largest absolute Gasteiger partial charge is 0.492 e. The van der Waals surface area contributed by atoms with Gasteiger partial charge in [-0.15, -0.1) is 0 Å². The number of benzene rings is 1. The predicted octanol–water partition coefficient (Wildman–Crippen LogP) is 2.29. The monoisotopic (exact) mass is 330 g/mol. The van der Waals surface area contributed by atoms with Crippen LogP contribution in [-0.2, 0) is 4.79 Å². The van der Waals surface area contributed by atoms with Crippen molar-refractivity contribution < 1.29 is 18.7 Å². The van der Waals surface area contributed by atoms with E-state index in [4.69, 9.17) is 9.15 Å². The van der Waals surface area contributed by atoms with Gasteiger partial charge in [0, 0.05) is 13.0 Å². The van der Waals surface area contributed by atoms with Crippen LogP contribution in [0.3, 0.4) is 0 Å². The molecule has 2 amide bonds. The second-order valence-corrected chi connectivity index (χ2v) is 5.35. The van der Waals surface area contributed by atoms with E-state index in [2.05, 4.69) is 10.6 Å². The summed E-state index contributed by atoms with van der Waals surface area (Å²) in [6.45, 7) is 3.31. The van der Waals surface area contributed by atoms with E-state index in [0.29, 0.717) is 32.5 Å². The zero-order valence-electron chi connectivity index (χ0n) is 13.7. The van der Waals surface area contributed by atoms with Gasteiger partial charge in [-0.3, -0.25) is 9.59 Å². The second kappa shape index (κ2) is 9.39. The van der Waals surface area contributed by atoms with Crippen LogP contribution in [0.5, 0.6) is 5.75 Å². The van der Waals surface area contributed by atoms with Crippen LogP contribution in [0, 0.1) is 6.92 Å². The number of rotatable bonds is 9. The van der Waals surface area contributed by atoms with Crippen LogP contribution in [0.4, 0.5) is 0 Å². The highest BCUT2D eigenvalue weighted by Gasteiger charge is 2.07. The molecule has 2 rings (SSSR count). The van der Waals surface area contributed by atoms with Crippen LogP contribution >= 0.6 is 0 Å². The van der Waals surface area contributed by atoms with Crippen molar-refractivity contribution in [1.82, 2.24) is 10.6 Å². The molecule has 0 spiro atoms. The van der Waals surface area contributed by atoms with Crippen LogP contribution in [0.25, 0.3) is 0 Å². The first kappa shape index (κ1) is 17.6. The van der Waals surface area contributed by atoms with Crippen LogP contribution in [0.15, 0.2) is 47.1 Å². The minimum Gasteiger partial charge on any atom is -0.492 e. The second-order valence-electron chi connectivity index (χ2n) is 5.35. The molecule has 0 saturated heterocycles. The Labute approximate surface area is 141 Å². The molecule has 24 heavy (non-hydrogen) atoms. The third-order valence-corrected chi connectivity index (χ3v) is 3.33. The Balaban J connectivity index is 1.50. The van der Waals surface area contributed by atoms with E-state index in [1.807, 2.05) is 31.2 Å². The van der Waals surface area contributed by atoms with Gasteiger partial charge in [-0.05, 0) is 37.6 Å². The molecule has 0 radical (unpaired) electrons. The Kier molecular flexibility index (Phi) is 6.89. The SMILES string of the molecule is Cc1ccc(OCCNC(=O)CCCNC(=O)c2ccco2)cc1. The number of carbonyl (C=O) groups excluding carboxylic acids is 2. The molecule has 0 saturated carbocycles. The summed E-state index contributed by atoms with van der Waals surface area (Å²) in [7, 11) is 0. The van der Waals surface area contributed by atoms with Gasteiger partial charge in [-0.25, -0.2) is 0 Å². The van der Waals surface area contributed by atoms with Crippen molar-refractivity contribution in [1.29, 1.82) is 0 Å². The van der Waals surface area contributed by atoms with Crippen molar-refractivity contribution in [3.8, 4) is 5.75 Å². The molecular weight excluding hydrogens is 308 g/mol. The van der Waals surface area contributed by atoms with E-state index >= 15 is 0 Å². The first-order valence-electron chi connectivity index (χ1n) is 7.93. The zero-order chi connectivity index (χ0) is 17.2. The molecule has 0 bridgehead atoms. The van der Waals surface area contributed by atoms with Gasteiger partial charge in [-0.2, -0.15) is 0 Å². The van der Waals surface area contributed by atoms with Crippen molar-refractivity contribution in [2.24, 2.45) is 0 Å². The molecule has 1 aromatic heterocycles. The van der Waals surface area contributed by atoms with Crippen molar-refractivity contribution >= 4 is 11.8 Å². The maximum absolute atomic E-state index is 11.7. The molecule has 0 aliphatic carbocycles. The Morgan fingerprint density at radius 1 is 1.08 bits per heavy atom. The maximum Gasteiger partial charge on any atom is 0.286 e. The van der Waals surface area contributed by atoms with Gasteiger partial charge in [-0.1, -0.05) is 17.7 Å². The fourth-order valence-corrected chi connectivity index (χ4v) is 2.03. The lowest BCUT2D eigenvalue weighted by Crippen LogP contribution is -2.29. The van der Waals surface area contributed by atoms with Crippen LogP contribution < -0.4 is 15.4 Å². The fraction of sp³-hybridized carbons (Fsp3) is 0.333. The normalized spacial score (nSPS) is 10.2. The molecule has 0 fully saturated rings. The van der Waals surface area contributed by atoms with Crippen LogP contribution in [0.1, 0.15) is 29.0 Å². The summed E-state index contributed by atoms with van der Waals surface area (Å²) in [6, 6.07) is 11.0. The lowest BCUT2D eigenvalue weighted by Gasteiger charge is -2.08. The molecule has 2 aromatic rings. The molecule has 128 valence electrons. The summed E-state index contributed by atoms with van der Waals surface area (Å²) in [4.78, 5) is 23.3. The van der Waals surface area contributed by atoms with Crippen molar-refractivity contribution in [2.45, 2.75) is 19.8 Å². The molecule has 1 heterocycles. The number of hydrogen-bond acceptors (Lipinski definition) is 4. The predicted molar refractivity (Wildman–Crippen MR) is 90.0 cm³/mol. The van der Waals surface area contributed by atoms with Crippen LogP contribution in [0.2, 0.25) is 0 Å². The molecule has 2 N–H and O–H groups in total. The number of ether oxygens (including phenoxy) is 1. The number of hydrogen-bond donors (Lipinski definition) is 2. The van der Waals surface area contributed by atoms with Crippen molar-refractivity contribution in [3.05, 3.63) is 54.0 Å². The summed E-state index contributed by atoms with van der Waals surface area (Å²) in [5.74, 6) is 0.727. The zero-order valence-corrected chi connectivity index (χ0v) is 13.7. The van der Waals surface area contributed by atoms with Gasteiger partial charge in [0.1, 0.15) is 12.4 Å². The molecular formula is C18H22N2O4. The quantitative estimate of drug-likeness (QED) is 0.691. The van der Waals surface area contributed by atoms with Gasteiger partial charge in [0.05, 0.1) is 12.8 Å². The standard InChI is InChI=1S/C18H22N2O4/c1-14-6-8-15(9-7-14)23-13-11-19-17(21)5-2-10-20-18(22)16-4-3-12-24-16/h3-4,6-9,12H,2,5,10-11,13H2,1H3,(H,19,21)(H,20,22). The minimum atomic E-state index is -0.271. The smallest absolute Gasteiger partial charge is 0.286 e. The number of aryl methyl sites for hydroxylation is 1. The summed E-state index contributed by atoms with van der Waals surface area (Å²) >= 11 is 0. The van der Waals surface area contributed by atoms with Gasteiger partial charge in [0.25, 0.3) is 5.91 Å². The summed E-state index contributed by atoms with van der Waals surface area (Å²) in [5.41, 5.74) is 1.18. The van der Waals surface area contributed by atoms with Gasteiger partial charge < -0.3 is 19.8 Å². The number of furan rings is 1. The van der Waals surface area contributed by atoms with Crippen molar-refractivity contribution in [2.75, 3.05) is 19.7 Å². The van der Waals surface area contributed by atoms with E-state index in [1.54, 1.807) is 12.1 Å². The molecule has 6 heteroatoms. The highest BCUT2D eigenvalue weighted by atomic mass is 16.5. The Morgan fingerprint density at radius 2 is 1.88 bits per heavy atom. The maximum atomic E-state index is 11.7. The van der Waals surface area contributed by atoms with Gasteiger partial charge in [0.15, 0.2) is 5.76 Å². The third kappa shape index (κ3) is 6.16. The first-order chi connectivity index (χ1) is 11.6. The lowest BCUT2D eigenvalue weighted by atomic mass is 10.2. The van der Waals surface area contributed by atoms with Crippen LogP contribution in [-0.4, -0.2) is 31.5 Å². The Morgan fingerprint density at radius 3 is 2.58 bits per heavy atom. The summed E-state index contributed by atoms with van der Waals surface area (Å²) < 4.78 is 10.5. The summed E-state index contributed by atoms with van der Waals surface area (Å²) in [5, 5.41) is 5.48. The number of carbonyl (C=O) groups is 2. The minimum absolute atomic E-state index is 0.0604. The molecule has 0 unspecified atom stereocenters. The topological polar surface area (TPSA) is 80.6 Å². The van der Waals surface area contributed by atoms with Gasteiger partial charge in [0.2, 0.25) is 5.91 Å². The fourth-order valence-electron chi connectivity index (χ4n) is 2.03. The van der Waals surface area contributed by atoms with Gasteiger partial charge >= 0.3 is 0 Å². The average Bonchev–Trinajstić information content (AvgIpc) is 3.12. The van der Waals surface area contributed by atoms with E-state index < -0.39 is 0 Å². The van der Waals surface area contributed by atoms with Crippen molar-refractivity contribution in [3.63, 3.8) is 0 Å². The molecule has 0 atom stereocenters. The number of amides is 2. The first-order valence-corrected chi connectivity index (χ1v) is 7.93. The molecule has 6 nitrogen and oxygen atoms in total. The highest BCUT2D eigenvalue weighted by molar-refractivity contribution is 5.91. The van der Waals surface area contributed by atoms with E-state index in [0.717, 1.165) is 5.75 Å². The number of nitrogens with one attached hydrogen (secondary N) is 2. The molecule has 0 aliphatic rings. The molecule has 1 aromatic carbocycles. The van der Waals surface area contributed by atoms with E-state index in [1.165, 1.54) is 11.8 Å². The third-order valence-electron chi connectivity index (χ3n) is 3.33. The van der Waals surface area contributed by atoms with E-state index in [-0.39, 0.29) is 17.6 Å². The lowest BCUT2D eigenvalue weighted by molar-refractivity contribution is -0.121. The molecule has 0 aliphatic heterocycles. The Hall–Kier alpha value is -2.76. The Bertz CT molecular complexity index is 636. The summed E-state index contributed by atoms with van der Waals surface area (Å²) in [6.07, 6.45) is 2.36. The average molecular weight is 330 g/mol. The highest BCUT2D eigenvalue weighted by Crippen LogP contribution is 2.10.